The molecule has 1 fully saturated rings. The fourth-order valence-electron chi connectivity index (χ4n) is 3.68. The van der Waals surface area contributed by atoms with Gasteiger partial charge in [-0.25, -0.2) is 0 Å². The Morgan fingerprint density at radius 3 is 2.59 bits per heavy atom. The van der Waals surface area contributed by atoms with Crippen LogP contribution < -0.4 is 4.74 Å². The lowest BCUT2D eigenvalue weighted by atomic mass is 9.87. The molecule has 1 aliphatic heterocycles. The van der Waals surface area contributed by atoms with Crippen LogP contribution in [0, 0.1) is 0 Å². The van der Waals surface area contributed by atoms with Gasteiger partial charge in [0.25, 0.3) is 5.91 Å². The number of carbonyl (C=O) groups is 2. The van der Waals surface area contributed by atoms with Gasteiger partial charge in [-0.15, -0.1) is 0 Å². The van der Waals surface area contributed by atoms with E-state index in [2.05, 4.69) is 5.10 Å². The zero-order valence-electron chi connectivity index (χ0n) is 16.1. The highest BCUT2D eigenvalue weighted by molar-refractivity contribution is 5.86. The van der Waals surface area contributed by atoms with E-state index in [1.165, 1.54) is 0 Å². The summed E-state index contributed by atoms with van der Waals surface area (Å²) in [5.41, 5.74) is 0.0795. The van der Waals surface area contributed by atoms with Gasteiger partial charge in [0.05, 0.1) is 20.1 Å². The third-order valence-corrected chi connectivity index (χ3v) is 5.09. The highest BCUT2D eigenvalue weighted by atomic mass is 16.5. The van der Waals surface area contributed by atoms with Crippen LogP contribution in [0.2, 0.25) is 0 Å². The second-order valence-corrected chi connectivity index (χ2v) is 7.13. The van der Waals surface area contributed by atoms with Crippen LogP contribution in [0.4, 0.5) is 0 Å². The fourth-order valence-corrected chi connectivity index (χ4v) is 3.68. The molecule has 1 saturated heterocycles. The molecule has 7 heteroatoms. The minimum Gasteiger partial charge on any atom is -0.497 e. The van der Waals surface area contributed by atoms with Gasteiger partial charge in [-0.2, -0.15) is 5.10 Å². The molecule has 0 bridgehead atoms. The molecule has 2 aromatic rings. The number of benzene rings is 1. The van der Waals surface area contributed by atoms with Crippen LogP contribution in [0.5, 0.6) is 5.75 Å². The number of rotatable bonds is 5. The van der Waals surface area contributed by atoms with E-state index in [9.17, 15) is 9.59 Å². The number of likely N-dealkylation sites (N-methyl/N-ethyl adjacent to an activating group) is 1. The standard InChI is InChI=1S/C20H26N4O3/c1-22(2)19(26)20(24-13-5-11-21-24)10-4-12-23(15-20)18(25)14-16-6-8-17(27-3)9-7-16/h5-9,11,13H,4,10,12,14-15H2,1-3H3. The Morgan fingerprint density at radius 1 is 1.26 bits per heavy atom. The van der Waals surface area contributed by atoms with Crippen molar-refractivity contribution >= 4 is 11.8 Å². The van der Waals surface area contributed by atoms with Crippen molar-refractivity contribution in [3.05, 3.63) is 48.3 Å². The number of nitrogens with zero attached hydrogens (tertiary/aromatic N) is 4. The summed E-state index contributed by atoms with van der Waals surface area (Å²) >= 11 is 0. The van der Waals surface area contributed by atoms with Crippen LogP contribution in [0.25, 0.3) is 0 Å². The summed E-state index contributed by atoms with van der Waals surface area (Å²) in [7, 11) is 5.10. The van der Waals surface area contributed by atoms with Crippen molar-refractivity contribution in [3.8, 4) is 5.75 Å². The molecule has 1 aromatic heterocycles. The van der Waals surface area contributed by atoms with Gasteiger partial charge in [-0.1, -0.05) is 12.1 Å². The van der Waals surface area contributed by atoms with Crippen molar-refractivity contribution in [2.75, 3.05) is 34.3 Å². The number of amides is 2. The molecule has 3 rings (SSSR count). The van der Waals surface area contributed by atoms with Crippen molar-refractivity contribution in [2.24, 2.45) is 0 Å². The third-order valence-electron chi connectivity index (χ3n) is 5.09. The number of piperidine rings is 1. The number of methoxy groups -OCH3 is 1. The van der Waals surface area contributed by atoms with E-state index in [-0.39, 0.29) is 11.8 Å². The van der Waals surface area contributed by atoms with Crippen molar-refractivity contribution in [1.29, 1.82) is 0 Å². The van der Waals surface area contributed by atoms with Gasteiger partial charge < -0.3 is 14.5 Å². The molecule has 2 amide bonds. The largest absolute Gasteiger partial charge is 0.497 e. The lowest BCUT2D eigenvalue weighted by Crippen LogP contribution is -2.59. The van der Waals surface area contributed by atoms with E-state index >= 15 is 0 Å². The molecule has 0 N–H and O–H groups in total. The second kappa shape index (κ2) is 7.82. The van der Waals surface area contributed by atoms with Crippen LogP contribution in [0.15, 0.2) is 42.7 Å². The topological polar surface area (TPSA) is 67.7 Å². The number of hydrogen-bond donors (Lipinski definition) is 0. The van der Waals surface area contributed by atoms with Gasteiger partial charge in [0.15, 0.2) is 5.54 Å². The van der Waals surface area contributed by atoms with E-state index in [1.54, 1.807) is 48.1 Å². The molecule has 2 heterocycles. The quantitative estimate of drug-likeness (QED) is 0.801. The zero-order chi connectivity index (χ0) is 19.4. The predicted octanol–water partition coefficient (Wildman–Crippen LogP) is 1.54. The molecule has 1 unspecified atom stereocenters. The van der Waals surface area contributed by atoms with Gasteiger partial charge in [-0.3, -0.25) is 14.3 Å². The summed E-state index contributed by atoms with van der Waals surface area (Å²) in [6.07, 6.45) is 5.20. The first-order valence-electron chi connectivity index (χ1n) is 9.09. The number of carbonyl (C=O) groups excluding carboxylic acids is 2. The smallest absolute Gasteiger partial charge is 0.251 e. The van der Waals surface area contributed by atoms with Gasteiger partial charge in [-0.05, 0) is 36.6 Å². The molecule has 1 aromatic carbocycles. The number of ether oxygens (including phenoxy) is 1. The van der Waals surface area contributed by atoms with E-state index in [0.717, 1.165) is 17.7 Å². The molecule has 0 spiro atoms. The first-order valence-corrected chi connectivity index (χ1v) is 9.09. The normalized spacial score (nSPS) is 19.6. The monoisotopic (exact) mass is 370 g/mol. The molecule has 144 valence electrons. The Balaban J connectivity index is 1.80. The van der Waals surface area contributed by atoms with Gasteiger partial charge in [0.1, 0.15) is 5.75 Å². The van der Waals surface area contributed by atoms with Crippen LogP contribution in [-0.4, -0.2) is 65.7 Å². The van der Waals surface area contributed by atoms with Crippen LogP contribution >= 0.6 is 0 Å². The average Bonchev–Trinajstić information content (AvgIpc) is 3.23. The van der Waals surface area contributed by atoms with Crippen LogP contribution in [-0.2, 0) is 21.5 Å². The molecule has 7 nitrogen and oxygen atoms in total. The van der Waals surface area contributed by atoms with Crippen LogP contribution in [0.1, 0.15) is 18.4 Å². The summed E-state index contributed by atoms with van der Waals surface area (Å²) in [5.74, 6) is 0.745. The molecular formula is C20H26N4O3. The van der Waals surface area contributed by atoms with Crippen molar-refractivity contribution < 1.29 is 14.3 Å². The van der Waals surface area contributed by atoms with E-state index < -0.39 is 5.54 Å². The van der Waals surface area contributed by atoms with E-state index in [4.69, 9.17) is 4.74 Å². The lowest BCUT2D eigenvalue weighted by Gasteiger charge is -2.43. The summed E-state index contributed by atoms with van der Waals surface area (Å²) in [5, 5.41) is 4.33. The van der Waals surface area contributed by atoms with Crippen molar-refractivity contribution in [1.82, 2.24) is 19.6 Å². The van der Waals surface area contributed by atoms with Crippen LogP contribution in [0.3, 0.4) is 0 Å². The molecular weight excluding hydrogens is 344 g/mol. The predicted molar refractivity (Wildman–Crippen MR) is 101 cm³/mol. The molecule has 1 atom stereocenters. The summed E-state index contributed by atoms with van der Waals surface area (Å²) < 4.78 is 6.87. The maximum atomic E-state index is 13.0. The molecule has 0 saturated carbocycles. The van der Waals surface area contributed by atoms with Crippen molar-refractivity contribution in [2.45, 2.75) is 24.8 Å². The van der Waals surface area contributed by atoms with E-state index in [1.807, 2.05) is 30.3 Å². The number of aromatic nitrogens is 2. The summed E-state index contributed by atoms with van der Waals surface area (Å²) in [4.78, 5) is 29.3. The summed E-state index contributed by atoms with van der Waals surface area (Å²) in [6.45, 7) is 0.986. The molecule has 0 radical (unpaired) electrons. The van der Waals surface area contributed by atoms with Gasteiger partial charge >= 0.3 is 0 Å². The fraction of sp³-hybridized carbons (Fsp3) is 0.450. The van der Waals surface area contributed by atoms with Crippen molar-refractivity contribution in [3.63, 3.8) is 0 Å². The molecule has 0 aliphatic carbocycles. The van der Waals surface area contributed by atoms with Gasteiger partial charge in [0.2, 0.25) is 5.91 Å². The molecule has 27 heavy (non-hydrogen) atoms. The summed E-state index contributed by atoms with van der Waals surface area (Å²) in [6, 6.07) is 9.30. The minimum atomic E-state index is -0.846. The highest BCUT2D eigenvalue weighted by Gasteiger charge is 2.46. The first-order chi connectivity index (χ1) is 13.0. The van der Waals surface area contributed by atoms with E-state index in [0.29, 0.717) is 25.9 Å². The maximum absolute atomic E-state index is 13.0. The minimum absolute atomic E-state index is 0.0166. The Labute approximate surface area is 159 Å². The Kier molecular flexibility index (Phi) is 5.48. The zero-order valence-corrected chi connectivity index (χ0v) is 16.1. The Morgan fingerprint density at radius 2 is 2.00 bits per heavy atom. The second-order valence-electron chi connectivity index (χ2n) is 7.13. The third kappa shape index (κ3) is 3.82. The SMILES string of the molecule is COc1ccc(CC(=O)N2CCCC(C(=O)N(C)C)(n3cccn3)C2)cc1. The number of hydrogen-bond acceptors (Lipinski definition) is 4. The maximum Gasteiger partial charge on any atom is 0.251 e. The number of likely N-dealkylation sites (tertiary alicyclic amines) is 1. The Bertz CT molecular complexity index is 786. The highest BCUT2D eigenvalue weighted by Crippen LogP contribution is 2.30. The Hall–Kier alpha value is -2.83. The van der Waals surface area contributed by atoms with Gasteiger partial charge in [0, 0.05) is 33.0 Å². The lowest BCUT2D eigenvalue weighted by molar-refractivity contribution is -0.146. The first kappa shape index (κ1) is 18.9. The molecule has 1 aliphatic rings. The average molecular weight is 370 g/mol.